The van der Waals surface area contributed by atoms with Crippen LogP contribution in [-0.4, -0.2) is 21.0 Å². The Bertz CT molecular complexity index is 731. The van der Waals surface area contributed by atoms with Gasteiger partial charge in [0.15, 0.2) is 5.69 Å². The maximum absolute atomic E-state index is 12.7. The predicted octanol–water partition coefficient (Wildman–Crippen LogP) is 3.54. The molecule has 0 fully saturated rings. The van der Waals surface area contributed by atoms with Gasteiger partial charge in [-0.3, -0.25) is 10.1 Å². The first-order valence-corrected chi connectivity index (χ1v) is 5.65. The molecule has 0 aliphatic rings. The number of hydrogen-bond acceptors (Lipinski definition) is 5. The van der Waals surface area contributed by atoms with Gasteiger partial charge < -0.3 is 9.52 Å². The van der Waals surface area contributed by atoms with Crippen molar-refractivity contribution in [1.29, 1.82) is 0 Å². The molecule has 0 aliphatic carbocycles. The molecule has 0 bridgehead atoms. The van der Waals surface area contributed by atoms with Crippen molar-refractivity contribution in [3.05, 3.63) is 44.8 Å². The normalized spacial score (nSPS) is 10.9. The minimum absolute atomic E-state index is 0.0459. The number of nitrogens with zero attached hydrogens (tertiary/aromatic N) is 2. The van der Waals surface area contributed by atoms with Crippen molar-refractivity contribution in [1.82, 2.24) is 4.98 Å². The average Bonchev–Trinajstić information content (AvgIpc) is 2.83. The van der Waals surface area contributed by atoms with Crippen molar-refractivity contribution < 1.29 is 28.0 Å². The van der Waals surface area contributed by atoms with Crippen LogP contribution >= 0.6 is 11.6 Å². The fraction of sp³-hybridized carbons (Fsp3) is 0.0909. The molecule has 21 heavy (non-hydrogen) atoms. The van der Waals surface area contributed by atoms with Gasteiger partial charge in [-0.25, -0.2) is 18.6 Å². The first-order valence-electron chi connectivity index (χ1n) is 5.27. The molecule has 0 saturated carbocycles. The molecule has 2 aromatic rings. The van der Waals surface area contributed by atoms with Crippen LogP contribution in [0.25, 0.3) is 11.5 Å². The number of benzene rings is 1. The zero-order chi connectivity index (χ0) is 15.7. The van der Waals surface area contributed by atoms with Gasteiger partial charge in [-0.15, -0.1) is 0 Å². The van der Waals surface area contributed by atoms with E-state index in [9.17, 15) is 23.7 Å². The summed E-state index contributed by atoms with van der Waals surface area (Å²) in [5.74, 6) is -3.41. The second-order valence-electron chi connectivity index (χ2n) is 3.76. The summed E-state index contributed by atoms with van der Waals surface area (Å²) in [5, 5.41) is 19.7. The summed E-state index contributed by atoms with van der Waals surface area (Å²) in [6.07, 6.45) is -3.19. The van der Waals surface area contributed by atoms with Crippen molar-refractivity contribution in [2.45, 2.75) is 6.43 Å². The SMILES string of the molecule is O=C(O)c1oc(-c2ccc(Cl)cc2[N+](=O)[O-])nc1C(F)F. The number of nitro groups is 1. The first-order chi connectivity index (χ1) is 9.81. The van der Waals surface area contributed by atoms with Gasteiger partial charge in [0.25, 0.3) is 12.1 Å². The number of carboxylic acids is 1. The lowest BCUT2D eigenvalue weighted by molar-refractivity contribution is -0.384. The number of hydrogen-bond donors (Lipinski definition) is 1. The van der Waals surface area contributed by atoms with Crippen molar-refractivity contribution >= 4 is 23.3 Å². The van der Waals surface area contributed by atoms with Gasteiger partial charge in [-0.2, -0.15) is 0 Å². The van der Waals surface area contributed by atoms with E-state index in [1.165, 1.54) is 6.07 Å². The number of aromatic carboxylic acids is 1. The van der Waals surface area contributed by atoms with Crippen molar-refractivity contribution in [3.63, 3.8) is 0 Å². The Morgan fingerprint density at radius 2 is 2.14 bits per heavy atom. The van der Waals surface area contributed by atoms with Crippen LogP contribution in [0.3, 0.4) is 0 Å². The van der Waals surface area contributed by atoms with Crippen LogP contribution in [0.15, 0.2) is 22.6 Å². The first kappa shape index (κ1) is 14.9. The van der Waals surface area contributed by atoms with Crippen molar-refractivity contribution in [2.75, 3.05) is 0 Å². The van der Waals surface area contributed by atoms with Crippen LogP contribution in [0.1, 0.15) is 22.7 Å². The van der Waals surface area contributed by atoms with E-state index in [1.807, 2.05) is 0 Å². The van der Waals surface area contributed by atoms with E-state index in [4.69, 9.17) is 21.1 Å². The molecule has 0 unspecified atom stereocenters. The Balaban J connectivity index is 2.65. The van der Waals surface area contributed by atoms with Crippen LogP contribution in [0.4, 0.5) is 14.5 Å². The Morgan fingerprint density at radius 1 is 1.48 bits per heavy atom. The Labute approximate surface area is 119 Å². The highest BCUT2D eigenvalue weighted by atomic mass is 35.5. The van der Waals surface area contributed by atoms with Gasteiger partial charge in [0, 0.05) is 11.1 Å². The molecule has 0 saturated heterocycles. The lowest BCUT2D eigenvalue weighted by Gasteiger charge is -1.98. The molecule has 0 radical (unpaired) electrons. The van der Waals surface area contributed by atoms with Crippen LogP contribution in [0.5, 0.6) is 0 Å². The van der Waals surface area contributed by atoms with Gasteiger partial charge >= 0.3 is 5.97 Å². The molecule has 7 nitrogen and oxygen atoms in total. The molecule has 0 spiro atoms. The Kier molecular flexibility index (Phi) is 3.85. The third kappa shape index (κ3) is 2.82. The highest BCUT2D eigenvalue weighted by molar-refractivity contribution is 6.30. The molecule has 1 aromatic carbocycles. The molecule has 0 atom stereocenters. The maximum Gasteiger partial charge on any atom is 0.374 e. The fourth-order valence-electron chi connectivity index (χ4n) is 1.58. The van der Waals surface area contributed by atoms with E-state index in [1.54, 1.807) is 0 Å². The van der Waals surface area contributed by atoms with Crippen molar-refractivity contribution in [2.24, 2.45) is 0 Å². The monoisotopic (exact) mass is 318 g/mol. The highest BCUT2D eigenvalue weighted by Crippen LogP contribution is 2.34. The molecular weight excluding hydrogens is 314 g/mol. The number of halogens is 3. The third-order valence-corrected chi connectivity index (χ3v) is 2.68. The van der Waals surface area contributed by atoms with E-state index in [-0.39, 0.29) is 10.6 Å². The summed E-state index contributed by atoms with van der Waals surface area (Å²) < 4.78 is 30.1. The third-order valence-electron chi connectivity index (χ3n) is 2.44. The zero-order valence-electron chi connectivity index (χ0n) is 9.92. The topological polar surface area (TPSA) is 106 Å². The molecule has 0 amide bonds. The summed E-state index contributed by atoms with van der Waals surface area (Å²) in [4.78, 5) is 24.3. The van der Waals surface area contributed by atoms with E-state index >= 15 is 0 Å². The van der Waals surface area contributed by atoms with E-state index in [0.29, 0.717) is 0 Å². The number of carboxylic acid groups (broad SMARTS) is 1. The largest absolute Gasteiger partial charge is 0.475 e. The molecule has 0 aliphatic heterocycles. The van der Waals surface area contributed by atoms with Gasteiger partial charge in [0.2, 0.25) is 11.7 Å². The van der Waals surface area contributed by atoms with E-state index < -0.39 is 40.4 Å². The standard InChI is InChI=1S/C11H5ClF2N2O5/c12-4-1-2-5(6(3-4)16(19)20)10-15-7(9(13)14)8(21-10)11(17)18/h1-3,9H,(H,17,18). The van der Waals surface area contributed by atoms with Gasteiger partial charge in [-0.05, 0) is 12.1 Å². The smallest absolute Gasteiger partial charge is 0.374 e. The summed E-state index contributed by atoms with van der Waals surface area (Å²) in [6, 6.07) is 3.37. The average molecular weight is 319 g/mol. The molecular formula is C11H5ClF2N2O5. The van der Waals surface area contributed by atoms with Gasteiger partial charge in [-0.1, -0.05) is 11.6 Å². The summed E-state index contributed by atoms with van der Waals surface area (Å²) >= 11 is 5.62. The second-order valence-corrected chi connectivity index (χ2v) is 4.19. The fourth-order valence-corrected chi connectivity index (χ4v) is 1.75. The summed E-state index contributed by atoms with van der Waals surface area (Å²) in [6.45, 7) is 0. The maximum atomic E-state index is 12.7. The number of oxazole rings is 1. The van der Waals surface area contributed by atoms with Crippen LogP contribution < -0.4 is 0 Å². The predicted molar refractivity (Wildman–Crippen MR) is 65.5 cm³/mol. The molecule has 1 aromatic heterocycles. The number of rotatable bonds is 4. The highest BCUT2D eigenvalue weighted by Gasteiger charge is 2.29. The summed E-state index contributed by atoms with van der Waals surface area (Å²) in [5.41, 5.74) is -1.89. The van der Waals surface area contributed by atoms with E-state index in [2.05, 4.69) is 4.98 Å². The number of carbonyl (C=O) groups is 1. The number of aromatic nitrogens is 1. The van der Waals surface area contributed by atoms with E-state index in [0.717, 1.165) is 12.1 Å². The summed E-state index contributed by atoms with van der Waals surface area (Å²) in [7, 11) is 0. The lowest BCUT2D eigenvalue weighted by Crippen LogP contribution is -1.99. The van der Waals surface area contributed by atoms with Gasteiger partial charge in [0.1, 0.15) is 5.56 Å². The van der Waals surface area contributed by atoms with Crippen LogP contribution in [0, 0.1) is 10.1 Å². The quantitative estimate of drug-likeness (QED) is 0.682. The molecule has 1 N–H and O–H groups in total. The Morgan fingerprint density at radius 3 is 2.62 bits per heavy atom. The minimum Gasteiger partial charge on any atom is -0.475 e. The number of alkyl halides is 2. The molecule has 10 heteroatoms. The number of nitro benzene ring substituents is 1. The van der Waals surface area contributed by atoms with Crippen LogP contribution in [-0.2, 0) is 0 Å². The van der Waals surface area contributed by atoms with Crippen LogP contribution in [0.2, 0.25) is 5.02 Å². The lowest BCUT2D eigenvalue weighted by atomic mass is 10.2. The Hall–Kier alpha value is -2.55. The zero-order valence-corrected chi connectivity index (χ0v) is 10.7. The minimum atomic E-state index is -3.19. The molecule has 2 rings (SSSR count). The second kappa shape index (κ2) is 5.44. The van der Waals surface area contributed by atoms with Crippen molar-refractivity contribution in [3.8, 4) is 11.5 Å². The molecule has 110 valence electrons. The molecule has 1 heterocycles. The van der Waals surface area contributed by atoms with Gasteiger partial charge in [0.05, 0.1) is 4.92 Å².